The molecule has 0 unspecified atom stereocenters. The van der Waals surface area contributed by atoms with E-state index in [1.165, 1.54) is 0 Å². The molecule has 1 rings (SSSR count). The first-order valence-corrected chi connectivity index (χ1v) is 5.03. The molecule has 0 radical (unpaired) electrons. The Morgan fingerprint density at radius 3 is 2.67 bits per heavy atom. The van der Waals surface area contributed by atoms with E-state index in [-0.39, 0.29) is 17.4 Å². The maximum atomic E-state index is 9.77. The van der Waals surface area contributed by atoms with Crippen LogP contribution in [0.3, 0.4) is 0 Å². The standard InChI is InChI=1S/C12H16N2O/c1-8(2)6-11(14)10-5-3-4-9(7-13)12(10)15/h3-5,8,11,15H,6,14H2,1-2H3/t11-/m0/s1. The van der Waals surface area contributed by atoms with Gasteiger partial charge in [0, 0.05) is 11.6 Å². The minimum atomic E-state index is -0.210. The maximum Gasteiger partial charge on any atom is 0.138 e. The summed E-state index contributed by atoms with van der Waals surface area (Å²) in [6.45, 7) is 4.15. The Morgan fingerprint density at radius 1 is 1.47 bits per heavy atom. The van der Waals surface area contributed by atoms with Crippen LogP contribution in [0.2, 0.25) is 0 Å². The summed E-state index contributed by atoms with van der Waals surface area (Å²) in [4.78, 5) is 0. The molecule has 1 aromatic carbocycles. The van der Waals surface area contributed by atoms with Crippen LogP contribution in [0.1, 0.15) is 37.4 Å². The second-order valence-corrected chi connectivity index (χ2v) is 4.09. The third-order valence-electron chi connectivity index (χ3n) is 2.31. The zero-order valence-corrected chi connectivity index (χ0v) is 9.07. The summed E-state index contributed by atoms with van der Waals surface area (Å²) in [6.07, 6.45) is 0.794. The Kier molecular flexibility index (Phi) is 3.70. The van der Waals surface area contributed by atoms with Gasteiger partial charge in [0.1, 0.15) is 11.8 Å². The van der Waals surface area contributed by atoms with Gasteiger partial charge in [-0.15, -0.1) is 0 Å². The average molecular weight is 204 g/mol. The summed E-state index contributed by atoms with van der Waals surface area (Å²) in [5.74, 6) is 0.485. The Balaban J connectivity index is 3.00. The fourth-order valence-corrected chi connectivity index (χ4v) is 1.59. The van der Waals surface area contributed by atoms with Crippen molar-refractivity contribution in [2.24, 2.45) is 11.7 Å². The number of nitrogens with zero attached hydrogens (tertiary/aromatic N) is 1. The van der Waals surface area contributed by atoms with Crippen molar-refractivity contribution in [1.82, 2.24) is 0 Å². The lowest BCUT2D eigenvalue weighted by Crippen LogP contribution is -2.13. The van der Waals surface area contributed by atoms with Gasteiger partial charge < -0.3 is 10.8 Å². The zero-order chi connectivity index (χ0) is 11.4. The topological polar surface area (TPSA) is 70.0 Å². The lowest BCUT2D eigenvalue weighted by atomic mass is 9.96. The van der Waals surface area contributed by atoms with E-state index in [0.29, 0.717) is 11.5 Å². The van der Waals surface area contributed by atoms with E-state index in [1.54, 1.807) is 18.2 Å². The zero-order valence-electron chi connectivity index (χ0n) is 9.07. The normalized spacial score (nSPS) is 12.5. The molecule has 0 aliphatic heterocycles. The fourth-order valence-electron chi connectivity index (χ4n) is 1.59. The van der Waals surface area contributed by atoms with Crippen LogP contribution in [0, 0.1) is 17.2 Å². The molecule has 3 nitrogen and oxygen atoms in total. The molecule has 0 bridgehead atoms. The first kappa shape index (κ1) is 11.5. The Hall–Kier alpha value is -1.53. The third kappa shape index (κ3) is 2.71. The molecule has 15 heavy (non-hydrogen) atoms. The summed E-state index contributed by atoms with van der Waals surface area (Å²) in [5.41, 5.74) is 6.89. The van der Waals surface area contributed by atoms with Gasteiger partial charge in [-0.2, -0.15) is 5.26 Å². The number of hydrogen-bond acceptors (Lipinski definition) is 3. The number of hydrogen-bond donors (Lipinski definition) is 2. The molecule has 0 aliphatic carbocycles. The van der Waals surface area contributed by atoms with E-state index < -0.39 is 0 Å². The van der Waals surface area contributed by atoms with Crippen LogP contribution in [0.25, 0.3) is 0 Å². The molecule has 0 aliphatic rings. The van der Waals surface area contributed by atoms with Gasteiger partial charge in [-0.25, -0.2) is 0 Å². The van der Waals surface area contributed by atoms with E-state index in [1.807, 2.05) is 6.07 Å². The molecule has 80 valence electrons. The fraction of sp³-hybridized carbons (Fsp3) is 0.417. The van der Waals surface area contributed by atoms with Crippen molar-refractivity contribution in [2.75, 3.05) is 0 Å². The number of nitrogens with two attached hydrogens (primary N) is 1. The first-order chi connectivity index (χ1) is 7.06. The molecular formula is C12H16N2O. The van der Waals surface area contributed by atoms with Crippen LogP contribution >= 0.6 is 0 Å². The van der Waals surface area contributed by atoms with E-state index in [0.717, 1.165) is 6.42 Å². The summed E-state index contributed by atoms with van der Waals surface area (Å²) in [6, 6.07) is 6.82. The number of phenolic OH excluding ortho intramolecular Hbond substituents is 1. The van der Waals surface area contributed by atoms with Gasteiger partial charge in [-0.05, 0) is 18.4 Å². The van der Waals surface area contributed by atoms with Gasteiger partial charge in [0.2, 0.25) is 0 Å². The number of para-hydroxylation sites is 1. The van der Waals surface area contributed by atoms with Gasteiger partial charge in [-0.3, -0.25) is 0 Å². The molecule has 0 heterocycles. The Labute approximate surface area is 90.1 Å². The van der Waals surface area contributed by atoms with Gasteiger partial charge in [0.15, 0.2) is 0 Å². The van der Waals surface area contributed by atoms with Crippen molar-refractivity contribution in [3.63, 3.8) is 0 Å². The minimum Gasteiger partial charge on any atom is -0.506 e. The van der Waals surface area contributed by atoms with E-state index in [4.69, 9.17) is 11.0 Å². The highest BCUT2D eigenvalue weighted by Crippen LogP contribution is 2.29. The predicted octanol–water partition coefficient (Wildman–Crippen LogP) is 2.31. The van der Waals surface area contributed by atoms with Crippen molar-refractivity contribution in [1.29, 1.82) is 5.26 Å². The number of benzene rings is 1. The molecule has 0 aromatic heterocycles. The van der Waals surface area contributed by atoms with E-state index in [2.05, 4.69) is 13.8 Å². The smallest absolute Gasteiger partial charge is 0.138 e. The minimum absolute atomic E-state index is 0.0214. The molecule has 1 aromatic rings. The van der Waals surface area contributed by atoms with Gasteiger partial charge >= 0.3 is 0 Å². The number of nitriles is 1. The SMILES string of the molecule is CC(C)C[C@H](N)c1cccc(C#N)c1O. The molecular weight excluding hydrogens is 188 g/mol. The molecule has 3 N–H and O–H groups in total. The van der Waals surface area contributed by atoms with Crippen molar-refractivity contribution >= 4 is 0 Å². The lowest BCUT2D eigenvalue weighted by molar-refractivity contribution is 0.444. The van der Waals surface area contributed by atoms with Crippen LogP contribution in [0.15, 0.2) is 18.2 Å². The van der Waals surface area contributed by atoms with Gasteiger partial charge in [0.25, 0.3) is 0 Å². The molecule has 0 amide bonds. The first-order valence-electron chi connectivity index (χ1n) is 5.03. The highest BCUT2D eigenvalue weighted by molar-refractivity contribution is 5.48. The molecule has 1 atom stereocenters. The van der Waals surface area contributed by atoms with Crippen LogP contribution in [-0.2, 0) is 0 Å². The van der Waals surface area contributed by atoms with Gasteiger partial charge in [-0.1, -0.05) is 26.0 Å². The van der Waals surface area contributed by atoms with Crippen molar-refractivity contribution < 1.29 is 5.11 Å². The van der Waals surface area contributed by atoms with Crippen LogP contribution in [0.4, 0.5) is 0 Å². The lowest BCUT2D eigenvalue weighted by Gasteiger charge is -2.16. The third-order valence-corrected chi connectivity index (χ3v) is 2.31. The van der Waals surface area contributed by atoms with E-state index in [9.17, 15) is 5.11 Å². The van der Waals surface area contributed by atoms with Crippen molar-refractivity contribution in [2.45, 2.75) is 26.3 Å². The molecule has 0 saturated carbocycles. The van der Waals surface area contributed by atoms with Crippen LogP contribution in [0.5, 0.6) is 5.75 Å². The highest BCUT2D eigenvalue weighted by atomic mass is 16.3. The Bertz CT molecular complexity index is 380. The molecule has 3 heteroatoms. The second kappa shape index (κ2) is 4.81. The number of rotatable bonds is 3. The highest BCUT2D eigenvalue weighted by Gasteiger charge is 2.14. The van der Waals surface area contributed by atoms with Crippen LogP contribution in [-0.4, -0.2) is 5.11 Å². The monoisotopic (exact) mass is 204 g/mol. The predicted molar refractivity (Wildman–Crippen MR) is 59.2 cm³/mol. The average Bonchev–Trinajstić information content (AvgIpc) is 2.17. The van der Waals surface area contributed by atoms with Gasteiger partial charge in [0.05, 0.1) is 5.56 Å². The molecule has 0 spiro atoms. The summed E-state index contributed by atoms with van der Waals surface area (Å²) >= 11 is 0. The number of aromatic hydroxyl groups is 1. The molecule has 0 saturated heterocycles. The second-order valence-electron chi connectivity index (χ2n) is 4.09. The maximum absolute atomic E-state index is 9.77. The summed E-state index contributed by atoms with van der Waals surface area (Å²) in [7, 11) is 0. The van der Waals surface area contributed by atoms with Crippen molar-refractivity contribution in [3.8, 4) is 11.8 Å². The summed E-state index contributed by atoms with van der Waals surface area (Å²) < 4.78 is 0. The van der Waals surface area contributed by atoms with Crippen LogP contribution < -0.4 is 5.73 Å². The quantitative estimate of drug-likeness (QED) is 0.793. The summed E-state index contributed by atoms with van der Waals surface area (Å²) in [5, 5.41) is 18.5. The van der Waals surface area contributed by atoms with E-state index >= 15 is 0 Å². The number of phenols is 1. The van der Waals surface area contributed by atoms with Crippen molar-refractivity contribution in [3.05, 3.63) is 29.3 Å². The Morgan fingerprint density at radius 2 is 2.13 bits per heavy atom. The molecule has 0 fully saturated rings. The largest absolute Gasteiger partial charge is 0.506 e.